The molecule has 0 bridgehead atoms. The average Bonchev–Trinajstić information content (AvgIpc) is 2.86. The second kappa shape index (κ2) is 6.83. The molecule has 0 spiro atoms. The number of non-ortho nitro benzene ring substituents is 1. The van der Waals surface area contributed by atoms with E-state index in [1.807, 2.05) is 24.8 Å². The number of hydrogen-bond acceptors (Lipinski definition) is 5. The van der Waals surface area contributed by atoms with Gasteiger partial charge < -0.3 is 10.1 Å². The fraction of sp³-hybridized carbons (Fsp3) is 0.571. The van der Waals surface area contributed by atoms with Crippen molar-refractivity contribution in [3.63, 3.8) is 0 Å². The number of rotatable bonds is 6. The van der Waals surface area contributed by atoms with Crippen LogP contribution in [0.15, 0.2) is 18.2 Å². The summed E-state index contributed by atoms with van der Waals surface area (Å²) in [6, 6.07) is 5.27. The topological polar surface area (TPSA) is 64.4 Å². The largest absolute Gasteiger partial charge is 0.494 e. The van der Waals surface area contributed by atoms with Crippen LogP contribution in [0.3, 0.4) is 0 Å². The zero-order valence-corrected chi connectivity index (χ0v) is 12.6. The SMILES string of the molecule is CCOc1cc(NC2CCC(SC)C2)cc([N+](=O)[O-])c1. The highest BCUT2D eigenvalue weighted by atomic mass is 32.2. The summed E-state index contributed by atoms with van der Waals surface area (Å²) in [7, 11) is 0. The van der Waals surface area contributed by atoms with E-state index in [-0.39, 0.29) is 10.6 Å². The van der Waals surface area contributed by atoms with Crippen LogP contribution < -0.4 is 10.1 Å². The molecule has 20 heavy (non-hydrogen) atoms. The number of thioether (sulfide) groups is 1. The number of anilines is 1. The summed E-state index contributed by atoms with van der Waals surface area (Å²) in [6.07, 6.45) is 5.55. The Kier molecular flexibility index (Phi) is 5.11. The maximum atomic E-state index is 11.0. The van der Waals surface area contributed by atoms with Crippen LogP contribution in [0.5, 0.6) is 5.75 Å². The highest BCUT2D eigenvalue weighted by Crippen LogP contribution is 2.32. The van der Waals surface area contributed by atoms with E-state index in [1.54, 1.807) is 6.07 Å². The van der Waals surface area contributed by atoms with Crippen LogP contribution >= 0.6 is 11.8 Å². The van der Waals surface area contributed by atoms with Crippen molar-refractivity contribution in [2.45, 2.75) is 37.5 Å². The van der Waals surface area contributed by atoms with Crippen molar-refractivity contribution in [1.29, 1.82) is 0 Å². The van der Waals surface area contributed by atoms with Crippen LogP contribution in [0.2, 0.25) is 0 Å². The summed E-state index contributed by atoms with van der Waals surface area (Å²) < 4.78 is 5.40. The molecule has 0 radical (unpaired) electrons. The highest BCUT2D eigenvalue weighted by Gasteiger charge is 2.24. The van der Waals surface area contributed by atoms with E-state index in [0.717, 1.165) is 18.5 Å². The first-order valence-corrected chi connectivity index (χ1v) is 8.12. The minimum atomic E-state index is -0.382. The third-order valence-electron chi connectivity index (χ3n) is 3.50. The molecular weight excluding hydrogens is 276 g/mol. The molecule has 1 aliphatic rings. The lowest BCUT2D eigenvalue weighted by molar-refractivity contribution is -0.384. The van der Waals surface area contributed by atoms with E-state index in [4.69, 9.17) is 4.74 Å². The van der Waals surface area contributed by atoms with Gasteiger partial charge in [-0.05, 0) is 32.4 Å². The highest BCUT2D eigenvalue weighted by molar-refractivity contribution is 7.99. The number of ether oxygens (including phenoxy) is 1. The number of nitrogens with one attached hydrogen (secondary N) is 1. The lowest BCUT2D eigenvalue weighted by Gasteiger charge is -2.15. The molecule has 5 nitrogen and oxygen atoms in total. The Hall–Kier alpha value is -1.43. The van der Waals surface area contributed by atoms with Crippen molar-refractivity contribution < 1.29 is 9.66 Å². The number of benzene rings is 1. The number of nitro benzene ring substituents is 1. The van der Waals surface area contributed by atoms with E-state index in [9.17, 15) is 10.1 Å². The summed E-state index contributed by atoms with van der Waals surface area (Å²) in [5, 5.41) is 15.1. The van der Waals surface area contributed by atoms with Gasteiger partial charge in [0.2, 0.25) is 0 Å². The molecule has 1 saturated carbocycles. The monoisotopic (exact) mass is 296 g/mol. The maximum absolute atomic E-state index is 11.0. The molecule has 110 valence electrons. The summed E-state index contributed by atoms with van der Waals surface area (Å²) in [4.78, 5) is 10.6. The van der Waals surface area contributed by atoms with E-state index in [0.29, 0.717) is 23.6 Å². The smallest absolute Gasteiger partial charge is 0.275 e. The molecule has 0 heterocycles. The molecule has 1 aromatic rings. The van der Waals surface area contributed by atoms with Gasteiger partial charge in [0.05, 0.1) is 17.6 Å². The van der Waals surface area contributed by atoms with Gasteiger partial charge in [-0.2, -0.15) is 11.8 Å². The Morgan fingerprint density at radius 3 is 2.85 bits per heavy atom. The van der Waals surface area contributed by atoms with Gasteiger partial charge in [0, 0.05) is 29.1 Å². The van der Waals surface area contributed by atoms with Gasteiger partial charge in [0.1, 0.15) is 5.75 Å². The molecule has 1 fully saturated rings. The van der Waals surface area contributed by atoms with Crippen LogP contribution in [0, 0.1) is 10.1 Å². The lowest BCUT2D eigenvalue weighted by atomic mass is 10.2. The molecule has 1 aromatic carbocycles. The van der Waals surface area contributed by atoms with E-state index in [1.165, 1.54) is 12.5 Å². The van der Waals surface area contributed by atoms with E-state index in [2.05, 4.69) is 11.6 Å². The van der Waals surface area contributed by atoms with Crippen LogP contribution in [-0.4, -0.2) is 29.1 Å². The normalized spacial score (nSPS) is 21.7. The fourth-order valence-electron chi connectivity index (χ4n) is 2.54. The molecule has 2 rings (SSSR count). The van der Waals surface area contributed by atoms with Crippen molar-refractivity contribution in [2.24, 2.45) is 0 Å². The standard InChI is InChI=1S/C14H20N2O3S/c1-3-19-13-7-11(6-12(9-13)16(17)18)15-10-4-5-14(8-10)20-2/h6-7,9-10,14-15H,3-5,8H2,1-2H3. The number of hydrogen-bond donors (Lipinski definition) is 1. The number of nitro groups is 1. The third-order valence-corrected chi connectivity index (χ3v) is 4.60. The van der Waals surface area contributed by atoms with Crippen molar-refractivity contribution >= 4 is 23.1 Å². The minimum absolute atomic E-state index is 0.0675. The molecule has 0 saturated heterocycles. The lowest BCUT2D eigenvalue weighted by Crippen LogP contribution is -2.16. The van der Waals surface area contributed by atoms with Crippen LogP contribution in [0.25, 0.3) is 0 Å². The van der Waals surface area contributed by atoms with Crippen LogP contribution in [0.1, 0.15) is 26.2 Å². The minimum Gasteiger partial charge on any atom is -0.494 e. The second-order valence-electron chi connectivity index (χ2n) is 4.92. The maximum Gasteiger partial charge on any atom is 0.275 e. The van der Waals surface area contributed by atoms with Crippen molar-refractivity contribution in [3.8, 4) is 5.75 Å². The summed E-state index contributed by atoms with van der Waals surface area (Å²) in [5.74, 6) is 0.545. The summed E-state index contributed by atoms with van der Waals surface area (Å²) >= 11 is 1.89. The van der Waals surface area contributed by atoms with Gasteiger partial charge in [-0.3, -0.25) is 10.1 Å². The molecule has 0 aromatic heterocycles. The van der Waals surface area contributed by atoms with Gasteiger partial charge in [-0.25, -0.2) is 0 Å². The van der Waals surface area contributed by atoms with E-state index < -0.39 is 0 Å². The average molecular weight is 296 g/mol. The quantitative estimate of drug-likeness (QED) is 0.640. The zero-order chi connectivity index (χ0) is 14.5. The first kappa shape index (κ1) is 15.0. The second-order valence-corrected chi connectivity index (χ2v) is 6.06. The zero-order valence-electron chi connectivity index (χ0n) is 11.8. The van der Waals surface area contributed by atoms with Crippen molar-refractivity contribution in [3.05, 3.63) is 28.3 Å². The van der Waals surface area contributed by atoms with E-state index >= 15 is 0 Å². The van der Waals surface area contributed by atoms with Gasteiger partial charge in [0.15, 0.2) is 0 Å². The van der Waals surface area contributed by atoms with Crippen LogP contribution in [-0.2, 0) is 0 Å². The van der Waals surface area contributed by atoms with Gasteiger partial charge in [0.25, 0.3) is 5.69 Å². The molecule has 0 amide bonds. The Labute approximate surface area is 123 Å². The molecule has 1 aliphatic carbocycles. The van der Waals surface area contributed by atoms with Crippen LogP contribution in [0.4, 0.5) is 11.4 Å². The Morgan fingerprint density at radius 2 is 2.25 bits per heavy atom. The van der Waals surface area contributed by atoms with Gasteiger partial charge in [-0.1, -0.05) is 0 Å². The summed E-state index contributed by atoms with van der Waals surface area (Å²) in [5.41, 5.74) is 0.840. The van der Waals surface area contributed by atoms with Crippen molar-refractivity contribution in [1.82, 2.24) is 0 Å². The van der Waals surface area contributed by atoms with Gasteiger partial charge >= 0.3 is 0 Å². The Balaban J connectivity index is 2.12. The Bertz CT molecular complexity index is 481. The molecular formula is C14H20N2O3S. The molecule has 2 unspecified atom stereocenters. The molecule has 0 aliphatic heterocycles. The summed E-state index contributed by atoms with van der Waals surface area (Å²) in [6.45, 7) is 2.37. The third kappa shape index (κ3) is 3.79. The fourth-order valence-corrected chi connectivity index (χ4v) is 3.34. The Morgan fingerprint density at radius 1 is 1.45 bits per heavy atom. The predicted molar refractivity (Wildman–Crippen MR) is 82.8 cm³/mol. The predicted octanol–water partition coefficient (Wildman–Crippen LogP) is 3.69. The first-order chi connectivity index (χ1) is 9.62. The molecule has 1 N–H and O–H groups in total. The number of nitrogens with zero attached hydrogens (tertiary/aromatic N) is 1. The first-order valence-electron chi connectivity index (χ1n) is 6.84. The van der Waals surface area contributed by atoms with Gasteiger partial charge in [-0.15, -0.1) is 0 Å². The molecule has 2 atom stereocenters. The van der Waals surface area contributed by atoms with Crippen molar-refractivity contribution in [2.75, 3.05) is 18.2 Å². The molecule has 6 heteroatoms.